The molecule has 0 saturated carbocycles. The number of aliphatic hydroxyl groups excluding tert-OH is 1. The maximum absolute atomic E-state index is 12.1. The van der Waals surface area contributed by atoms with Crippen molar-refractivity contribution >= 4 is 11.8 Å². The van der Waals surface area contributed by atoms with Crippen LogP contribution in [0.25, 0.3) is 0 Å². The third-order valence-electron chi connectivity index (χ3n) is 3.36. The zero-order chi connectivity index (χ0) is 14.7. The Labute approximate surface area is 117 Å². The summed E-state index contributed by atoms with van der Waals surface area (Å²) in [4.78, 5) is 26.7. The fourth-order valence-electron chi connectivity index (χ4n) is 2.09. The Morgan fingerprint density at radius 3 is 2.40 bits per heavy atom. The normalized spacial score (nSPS) is 17.1. The van der Waals surface area contributed by atoms with Gasteiger partial charge in [-0.15, -0.1) is 5.10 Å². The number of aromatic nitrogens is 3. The second-order valence-corrected chi connectivity index (χ2v) is 4.90. The molecule has 0 spiro atoms. The van der Waals surface area contributed by atoms with E-state index in [0.29, 0.717) is 31.9 Å². The molecule has 0 aliphatic carbocycles. The largest absolute Gasteiger partial charge is 0.387 e. The zero-order valence-electron chi connectivity index (χ0n) is 11.7. The SMILES string of the molecule is CC(=O)N1CCN(C(=O)Cn2cc(C(C)O)nn2)CC1. The van der Waals surface area contributed by atoms with E-state index in [1.807, 2.05) is 0 Å². The van der Waals surface area contributed by atoms with E-state index in [-0.39, 0.29) is 18.4 Å². The van der Waals surface area contributed by atoms with Gasteiger partial charge in [0.05, 0.1) is 12.3 Å². The van der Waals surface area contributed by atoms with Crippen molar-refractivity contribution in [1.29, 1.82) is 0 Å². The van der Waals surface area contributed by atoms with Gasteiger partial charge in [-0.1, -0.05) is 5.21 Å². The van der Waals surface area contributed by atoms with Crippen LogP contribution in [-0.2, 0) is 16.1 Å². The molecule has 0 bridgehead atoms. The Hall–Kier alpha value is -1.96. The molecule has 1 fully saturated rings. The highest BCUT2D eigenvalue weighted by molar-refractivity contribution is 5.77. The van der Waals surface area contributed by atoms with Crippen LogP contribution in [-0.4, -0.2) is 67.9 Å². The molecule has 20 heavy (non-hydrogen) atoms. The minimum Gasteiger partial charge on any atom is -0.387 e. The third-order valence-corrected chi connectivity index (χ3v) is 3.36. The van der Waals surface area contributed by atoms with E-state index in [9.17, 15) is 14.7 Å². The van der Waals surface area contributed by atoms with E-state index >= 15 is 0 Å². The van der Waals surface area contributed by atoms with Gasteiger partial charge in [-0.2, -0.15) is 0 Å². The first-order valence-corrected chi connectivity index (χ1v) is 6.58. The maximum atomic E-state index is 12.1. The molecular weight excluding hydrogens is 262 g/mol. The van der Waals surface area contributed by atoms with E-state index in [1.54, 1.807) is 22.9 Å². The number of carbonyl (C=O) groups excluding carboxylic acids is 2. The van der Waals surface area contributed by atoms with Crippen molar-refractivity contribution in [3.05, 3.63) is 11.9 Å². The van der Waals surface area contributed by atoms with Gasteiger partial charge in [0.15, 0.2) is 0 Å². The molecule has 0 radical (unpaired) electrons. The fraction of sp³-hybridized carbons (Fsp3) is 0.667. The molecule has 1 aromatic heterocycles. The first-order chi connectivity index (χ1) is 9.47. The Balaban J connectivity index is 1.87. The summed E-state index contributed by atoms with van der Waals surface area (Å²) in [6.45, 7) is 5.43. The highest BCUT2D eigenvalue weighted by atomic mass is 16.3. The highest BCUT2D eigenvalue weighted by Gasteiger charge is 2.22. The van der Waals surface area contributed by atoms with Crippen molar-refractivity contribution in [1.82, 2.24) is 24.8 Å². The second kappa shape index (κ2) is 6.00. The summed E-state index contributed by atoms with van der Waals surface area (Å²) in [6.07, 6.45) is 0.868. The molecule has 2 rings (SSSR count). The molecule has 1 saturated heterocycles. The molecule has 1 unspecified atom stereocenters. The van der Waals surface area contributed by atoms with Gasteiger partial charge < -0.3 is 14.9 Å². The summed E-state index contributed by atoms with van der Waals surface area (Å²) in [5, 5.41) is 17.0. The van der Waals surface area contributed by atoms with Crippen LogP contribution in [0.1, 0.15) is 25.6 Å². The van der Waals surface area contributed by atoms with Crippen LogP contribution >= 0.6 is 0 Å². The Bertz CT molecular complexity index is 491. The van der Waals surface area contributed by atoms with Crippen LogP contribution in [0.5, 0.6) is 0 Å². The molecule has 2 amide bonds. The van der Waals surface area contributed by atoms with Gasteiger partial charge in [-0.05, 0) is 6.92 Å². The summed E-state index contributed by atoms with van der Waals surface area (Å²) in [7, 11) is 0. The van der Waals surface area contributed by atoms with Gasteiger partial charge in [0.25, 0.3) is 0 Å². The number of hydrogen-bond donors (Lipinski definition) is 1. The predicted octanol–water partition coefficient (Wildman–Crippen LogP) is -0.978. The van der Waals surface area contributed by atoms with E-state index in [0.717, 1.165) is 0 Å². The minimum absolute atomic E-state index is 0.0370. The predicted molar refractivity (Wildman–Crippen MR) is 69.5 cm³/mol. The molecule has 1 atom stereocenters. The van der Waals surface area contributed by atoms with Gasteiger partial charge in [0.1, 0.15) is 12.2 Å². The van der Waals surface area contributed by atoms with Crippen LogP contribution < -0.4 is 0 Å². The standard InChI is InChI=1S/C12H19N5O3/c1-9(18)11-7-17(14-13-11)8-12(20)16-5-3-15(4-6-16)10(2)19/h7,9,18H,3-6,8H2,1-2H3. The zero-order valence-corrected chi connectivity index (χ0v) is 11.7. The number of rotatable bonds is 3. The summed E-state index contributed by atoms with van der Waals surface area (Å²) >= 11 is 0. The monoisotopic (exact) mass is 281 g/mol. The van der Waals surface area contributed by atoms with Crippen LogP contribution in [0.4, 0.5) is 0 Å². The minimum atomic E-state index is -0.696. The Morgan fingerprint density at radius 2 is 1.90 bits per heavy atom. The average molecular weight is 281 g/mol. The number of carbonyl (C=O) groups is 2. The Morgan fingerprint density at radius 1 is 1.30 bits per heavy atom. The van der Waals surface area contributed by atoms with E-state index < -0.39 is 6.10 Å². The van der Waals surface area contributed by atoms with Crippen molar-refractivity contribution in [2.75, 3.05) is 26.2 Å². The summed E-state index contributed by atoms with van der Waals surface area (Å²) in [5.74, 6) is -0.0230. The number of nitrogens with zero attached hydrogens (tertiary/aromatic N) is 5. The molecule has 1 N–H and O–H groups in total. The molecule has 0 aromatic carbocycles. The number of piperazine rings is 1. The molecular formula is C12H19N5O3. The van der Waals surface area contributed by atoms with Gasteiger partial charge in [-0.25, -0.2) is 4.68 Å². The first-order valence-electron chi connectivity index (χ1n) is 6.58. The smallest absolute Gasteiger partial charge is 0.244 e. The Kier molecular flexibility index (Phi) is 4.33. The van der Waals surface area contributed by atoms with Crippen molar-refractivity contribution in [3.8, 4) is 0 Å². The van der Waals surface area contributed by atoms with Crippen LogP contribution in [0.2, 0.25) is 0 Å². The number of hydrogen-bond acceptors (Lipinski definition) is 5. The van der Waals surface area contributed by atoms with Gasteiger partial charge in [-0.3, -0.25) is 9.59 Å². The second-order valence-electron chi connectivity index (χ2n) is 4.90. The molecule has 1 aromatic rings. The van der Waals surface area contributed by atoms with Gasteiger partial charge in [0, 0.05) is 33.1 Å². The maximum Gasteiger partial charge on any atom is 0.244 e. The van der Waals surface area contributed by atoms with Crippen LogP contribution in [0.3, 0.4) is 0 Å². The molecule has 110 valence electrons. The number of amides is 2. The molecule has 8 nitrogen and oxygen atoms in total. The summed E-state index contributed by atoms with van der Waals surface area (Å²) < 4.78 is 1.42. The van der Waals surface area contributed by atoms with Crippen molar-refractivity contribution in [2.45, 2.75) is 26.5 Å². The van der Waals surface area contributed by atoms with Crippen LogP contribution in [0, 0.1) is 0 Å². The molecule has 8 heteroatoms. The summed E-state index contributed by atoms with van der Waals surface area (Å²) in [6, 6.07) is 0. The first kappa shape index (κ1) is 14.4. The highest BCUT2D eigenvalue weighted by Crippen LogP contribution is 2.07. The molecule has 1 aliphatic heterocycles. The molecule has 1 aliphatic rings. The van der Waals surface area contributed by atoms with Gasteiger partial charge in [0.2, 0.25) is 11.8 Å². The molecule has 2 heterocycles. The topological polar surface area (TPSA) is 91.6 Å². The number of aliphatic hydroxyl groups is 1. The van der Waals surface area contributed by atoms with Crippen molar-refractivity contribution < 1.29 is 14.7 Å². The lowest BCUT2D eigenvalue weighted by molar-refractivity contribution is -0.138. The van der Waals surface area contributed by atoms with Crippen molar-refractivity contribution in [3.63, 3.8) is 0 Å². The van der Waals surface area contributed by atoms with E-state index in [4.69, 9.17) is 0 Å². The van der Waals surface area contributed by atoms with E-state index in [2.05, 4.69) is 10.3 Å². The summed E-state index contributed by atoms with van der Waals surface area (Å²) in [5.41, 5.74) is 0.444. The third kappa shape index (κ3) is 3.32. The lowest BCUT2D eigenvalue weighted by Crippen LogP contribution is -2.50. The fourth-order valence-corrected chi connectivity index (χ4v) is 2.09. The average Bonchev–Trinajstić information content (AvgIpc) is 2.87. The van der Waals surface area contributed by atoms with Crippen LogP contribution in [0.15, 0.2) is 6.20 Å². The lowest BCUT2D eigenvalue weighted by Gasteiger charge is -2.34. The van der Waals surface area contributed by atoms with Crippen molar-refractivity contribution in [2.24, 2.45) is 0 Å². The van der Waals surface area contributed by atoms with Gasteiger partial charge >= 0.3 is 0 Å². The quantitative estimate of drug-likeness (QED) is 0.769. The lowest BCUT2D eigenvalue weighted by atomic mass is 10.3. The van der Waals surface area contributed by atoms with E-state index in [1.165, 1.54) is 11.6 Å².